The summed E-state index contributed by atoms with van der Waals surface area (Å²) in [4.78, 5) is 1.62. The third-order valence-corrected chi connectivity index (χ3v) is 5.87. The smallest absolute Gasteiger partial charge is 0.320 e. The predicted octanol–water partition coefficient (Wildman–Crippen LogP) is -0.0342. The van der Waals surface area contributed by atoms with Gasteiger partial charge in [0.1, 0.15) is 5.37 Å². The summed E-state index contributed by atoms with van der Waals surface area (Å²) < 4.78 is 29.0. The Hall–Kier alpha value is -0.960. The predicted molar refractivity (Wildman–Crippen MR) is 66.6 cm³/mol. The molecule has 1 aromatic rings. The maximum Gasteiger partial charge on any atom is 0.320 e. The molecular weight excluding hydrogens is 264 g/mol. The maximum atomic E-state index is 12.0. The van der Waals surface area contributed by atoms with Gasteiger partial charge in [-0.3, -0.25) is 0 Å². The van der Waals surface area contributed by atoms with Gasteiger partial charge in [-0.05, 0) is 0 Å². The molecule has 0 aromatic carbocycles. The van der Waals surface area contributed by atoms with E-state index in [0.29, 0.717) is 12.3 Å². The number of hydrogen-bond acceptors (Lipinski definition) is 8. The molecule has 2 heterocycles. The number of rotatable bonds is 3. The first-order valence-corrected chi connectivity index (χ1v) is 8.06. The summed E-state index contributed by atoms with van der Waals surface area (Å²) in [7, 11) is -3.17. The molecule has 1 unspecified atom stereocenters. The first kappa shape index (κ1) is 12.5. The average molecular weight is 278 g/mol. The first-order valence-electron chi connectivity index (χ1n) is 5.19. The lowest BCUT2D eigenvalue weighted by atomic mass is 10.5. The monoisotopic (exact) mass is 278 g/mol. The van der Waals surface area contributed by atoms with Crippen molar-refractivity contribution in [2.45, 2.75) is 12.3 Å². The van der Waals surface area contributed by atoms with Crippen LogP contribution in [-0.4, -0.2) is 47.8 Å². The quantitative estimate of drug-likeness (QED) is 0.822. The van der Waals surface area contributed by atoms with Crippen LogP contribution in [-0.2, 0) is 9.84 Å². The van der Waals surface area contributed by atoms with Gasteiger partial charge in [-0.2, -0.15) is 11.8 Å². The van der Waals surface area contributed by atoms with Gasteiger partial charge in [-0.15, -0.1) is 0 Å². The number of nitrogens with zero attached hydrogens (tertiary/aromatic N) is 3. The second-order valence-corrected chi connectivity index (χ2v) is 7.19. The summed E-state index contributed by atoms with van der Waals surface area (Å²) >= 11 is 1.61. The summed E-state index contributed by atoms with van der Waals surface area (Å²) in [6.45, 7) is 2.20. The zero-order valence-corrected chi connectivity index (χ0v) is 11.0. The van der Waals surface area contributed by atoms with Crippen LogP contribution in [0.1, 0.15) is 6.92 Å². The number of thioether (sulfide) groups is 1. The van der Waals surface area contributed by atoms with Crippen molar-refractivity contribution in [3.63, 3.8) is 0 Å². The van der Waals surface area contributed by atoms with Crippen molar-refractivity contribution in [1.82, 2.24) is 10.2 Å². The minimum Gasteiger partial charge on any atom is -0.390 e. The molecule has 1 saturated heterocycles. The Morgan fingerprint density at radius 3 is 2.94 bits per heavy atom. The summed E-state index contributed by atoms with van der Waals surface area (Å²) in [5, 5.41) is 6.69. The van der Waals surface area contributed by atoms with Crippen LogP contribution >= 0.6 is 11.8 Å². The van der Waals surface area contributed by atoms with E-state index in [1.807, 2.05) is 0 Å². The molecule has 1 atom stereocenters. The van der Waals surface area contributed by atoms with Gasteiger partial charge in [0.25, 0.3) is 0 Å². The molecule has 0 saturated carbocycles. The highest BCUT2D eigenvalue weighted by Crippen LogP contribution is 2.26. The molecule has 1 aliphatic rings. The van der Waals surface area contributed by atoms with E-state index in [2.05, 4.69) is 10.2 Å². The molecule has 7 nitrogen and oxygen atoms in total. The number of nitrogens with two attached hydrogens (primary N) is 1. The molecule has 2 N–H and O–H groups in total. The molecule has 96 valence electrons. The lowest BCUT2D eigenvalue weighted by Crippen LogP contribution is -2.48. The molecule has 0 amide bonds. The zero-order chi connectivity index (χ0) is 12.5. The van der Waals surface area contributed by atoms with Crippen molar-refractivity contribution in [2.75, 3.05) is 34.4 Å². The number of aromatic nitrogens is 2. The lowest BCUT2D eigenvalue weighted by molar-refractivity contribution is 0.531. The molecule has 0 aliphatic carbocycles. The van der Waals surface area contributed by atoms with E-state index in [0.717, 1.165) is 5.75 Å². The summed E-state index contributed by atoms with van der Waals surface area (Å²) in [5.41, 5.74) is 5.35. The minimum atomic E-state index is -3.17. The highest BCUT2D eigenvalue weighted by Gasteiger charge is 2.35. The van der Waals surface area contributed by atoms with Crippen LogP contribution in [0.4, 0.5) is 12.0 Å². The normalized spacial score (nSPS) is 21.7. The third kappa shape index (κ3) is 2.49. The fourth-order valence-corrected chi connectivity index (χ4v) is 4.59. The topological polar surface area (TPSA) is 102 Å². The van der Waals surface area contributed by atoms with Gasteiger partial charge in [0, 0.05) is 23.8 Å². The van der Waals surface area contributed by atoms with Crippen LogP contribution in [0.15, 0.2) is 4.42 Å². The van der Waals surface area contributed by atoms with Crippen LogP contribution in [0.2, 0.25) is 0 Å². The Bertz CT molecular complexity index is 487. The molecule has 1 fully saturated rings. The van der Waals surface area contributed by atoms with Crippen LogP contribution in [0, 0.1) is 0 Å². The Morgan fingerprint density at radius 2 is 2.35 bits per heavy atom. The van der Waals surface area contributed by atoms with Crippen molar-refractivity contribution < 1.29 is 12.8 Å². The maximum absolute atomic E-state index is 12.0. The fraction of sp³-hybridized carbons (Fsp3) is 0.750. The largest absolute Gasteiger partial charge is 0.390 e. The number of nitrogen functional groups attached to an aromatic ring is 1. The van der Waals surface area contributed by atoms with Crippen LogP contribution in [0.5, 0.6) is 0 Å². The van der Waals surface area contributed by atoms with Crippen molar-refractivity contribution in [2.24, 2.45) is 0 Å². The molecule has 0 spiro atoms. The highest BCUT2D eigenvalue weighted by molar-refractivity contribution is 8.01. The zero-order valence-electron chi connectivity index (χ0n) is 9.37. The number of hydrogen-bond donors (Lipinski definition) is 1. The summed E-state index contributed by atoms with van der Waals surface area (Å²) in [5.74, 6) is 1.44. The van der Waals surface area contributed by atoms with E-state index in [9.17, 15) is 8.42 Å². The second-order valence-electron chi connectivity index (χ2n) is 3.60. The molecule has 0 radical (unpaired) electrons. The minimum absolute atomic E-state index is 0.0501. The Labute approximate surface area is 104 Å². The number of sulfone groups is 1. The molecule has 9 heteroatoms. The molecular formula is C8H14N4O3S2. The van der Waals surface area contributed by atoms with Crippen LogP contribution in [0.3, 0.4) is 0 Å². The SMILES string of the molecule is CCS(=O)(=O)C1CSCCN1c1nnc(N)o1. The van der Waals surface area contributed by atoms with E-state index < -0.39 is 15.2 Å². The first-order chi connectivity index (χ1) is 8.04. The molecule has 1 aliphatic heterocycles. The van der Waals surface area contributed by atoms with Crippen molar-refractivity contribution in [3.8, 4) is 0 Å². The third-order valence-electron chi connectivity index (χ3n) is 2.58. The van der Waals surface area contributed by atoms with Gasteiger partial charge in [-0.25, -0.2) is 8.42 Å². The van der Waals surface area contributed by atoms with Gasteiger partial charge in [0.15, 0.2) is 9.84 Å². The molecule has 2 rings (SSSR count). The van der Waals surface area contributed by atoms with E-state index in [1.54, 1.807) is 23.6 Å². The van der Waals surface area contributed by atoms with Crippen molar-refractivity contribution in [1.29, 1.82) is 0 Å². The van der Waals surface area contributed by atoms with Crippen LogP contribution in [0.25, 0.3) is 0 Å². The Kier molecular flexibility index (Phi) is 3.48. The fourth-order valence-electron chi connectivity index (χ4n) is 1.63. The average Bonchev–Trinajstić information content (AvgIpc) is 2.76. The van der Waals surface area contributed by atoms with E-state index >= 15 is 0 Å². The van der Waals surface area contributed by atoms with Crippen LogP contribution < -0.4 is 10.6 Å². The summed E-state index contributed by atoms with van der Waals surface area (Å²) in [6, 6.07) is 0.135. The van der Waals surface area contributed by atoms with Crippen molar-refractivity contribution in [3.05, 3.63) is 0 Å². The van der Waals surface area contributed by atoms with E-state index in [-0.39, 0.29) is 17.8 Å². The van der Waals surface area contributed by atoms with Gasteiger partial charge >= 0.3 is 12.0 Å². The number of anilines is 2. The van der Waals surface area contributed by atoms with E-state index in [4.69, 9.17) is 10.2 Å². The lowest BCUT2D eigenvalue weighted by Gasteiger charge is -2.32. The molecule has 17 heavy (non-hydrogen) atoms. The van der Waals surface area contributed by atoms with Gasteiger partial charge in [0.2, 0.25) is 0 Å². The molecule has 1 aromatic heterocycles. The van der Waals surface area contributed by atoms with Gasteiger partial charge < -0.3 is 15.1 Å². The van der Waals surface area contributed by atoms with Gasteiger partial charge in [0.05, 0.1) is 0 Å². The van der Waals surface area contributed by atoms with Gasteiger partial charge in [-0.1, -0.05) is 17.1 Å². The van der Waals surface area contributed by atoms with E-state index in [1.165, 1.54) is 0 Å². The standard InChI is InChI=1S/C8H14N4O3S2/c1-2-17(13,14)6-5-16-4-3-12(6)8-11-10-7(9)15-8/h6H,2-5H2,1H3,(H2,9,10). The summed E-state index contributed by atoms with van der Waals surface area (Å²) in [6.07, 6.45) is 0. The second kappa shape index (κ2) is 4.73. The Balaban J connectivity index is 2.30. The highest BCUT2D eigenvalue weighted by atomic mass is 32.2. The van der Waals surface area contributed by atoms with Crippen molar-refractivity contribution >= 4 is 33.6 Å². The Morgan fingerprint density at radius 1 is 1.59 bits per heavy atom. The molecule has 0 bridgehead atoms.